The Morgan fingerprint density at radius 2 is 2.04 bits per heavy atom. The number of aromatic nitrogens is 3. The topological polar surface area (TPSA) is 51.0 Å². The molecule has 1 atom stereocenters. The highest BCUT2D eigenvalue weighted by molar-refractivity contribution is 5.94. The molecule has 1 aliphatic carbocycles. The van der Waals surface area contributed by atoms with E-state index < -0.39 is 17.5 Å². The lowest BCUT2D eigenvalue weighted by Crippen LogP contribution is -2.41. The van der Waals surface area contributed by atoms with E-state index in [1.807, 2.05) is 0 Å². The zero-order valence-corrected chi connectivity index (χ0v) is 14.6. The van der Waals surface area contributed by atoms with Crippen LogP contribution >= 0.6 is 0 Å². The number of hydrogen-bond donors (Lipinski definition) is 0. The Kier molecular flexibility index (Phi) is 4.70. The number of benzene rings is 1. The summed E-state index contributed by atoms with van der Waals surface area (Å²) in [4.78, 5) is 14.3. The third kappa shape index (κ3) is 3.76. The summed E-state index contributed by atoms with van der Waals surface area (Å²) < 4.78 is 29.4. The molecule has 4 rings (SSSR count). The van der Waals surface area contributed by atoms with Crippen molar-refractivity contribution in [2.75, 3.05) is 13.1 Å². The Morgan fingerprint density at radius 3 is 2.85 bits per heavy atom. The first-order chi connectivity index (χ1) is 12.6. The summed E-state index contributed by atoms with van der Waals surface area (Å²) in [6.45, 7) is 2.07. The quantitative estimate of drug-likeness (QED) is 0.823. The van der Waals surface area contributed by atoms with Crippen LogP contribution in [0.15, 0.2) is 24.5 Å². The Hall–Kier alpha value is -2.31. The molecular formula is C19H22F2N4O. The van der Waals surface area contributed by atoms with Gasteiger partial charge in [-0.05, 0) is 55.7 Å². The summed E-state index contributed by atoms with van der Waals surface area (Å²) in [6.07, 6.45) is 6.91. The lowest BCUT2D eigenvalue weighted by atomic mass is 9.94. The lowest BCUT2D eigenvalue weighted by Gasteiger charge is -2.32. The number of piperidine rings is 1. The maximum absolute atomic E-state index is 13.9. The van der Waals surface area contributed by atoms with E-state index in [1.54, 1.807) is 11.2 Å². The number of amides is 1. The van der Waals surface area contributed by atoms with E-state index in [0.717, 1.165) is 55.7 Å². The van der Waals surface area contributed by atoms with E-state index in [-0.39, 0.29) is 11.5 Å². The van der Waals surface area contributed by atoms with Crippen LogP contribution in [0, 0.1) is 23.5 Å². The van der Waals surface area contributed by atoms with Crippen molar-refractivity contribution in [2.45, 2.75) is 38.6 Å². The van der Waals surface area contributed by atoms with Gasteiger partial charge in [-0.25, -0.2) is 8.78 Å². The van der Waals surface area contributed by atoms with Crippen LogP contribution in [0.4, 0.5) is 8.78 Å². The van der Waals surface area contributed by atoms with Crippen LogP contribution in [-0.4, -0.2) is 38.7 Å². The van der Waals surface area contributed by atoms with Crippen LogP contribution in [0.3, 0.4) is 0 Å². The van der Waals surface area contributed by atoms with Gasteiger partial charge in [-0.3, -0.25) is 4.79 Å². The second-order valence-electron chi connectivity index (χ2n) is 7.43. The highest BCUT2D eigenvalue weighted by atomic mass is 19.1. The van der Waals surface area contributed by atoms with Crippen molar-refractivity contribution in [3.05, 3.63) is 47.5 Å². The zero-order valence-electron chi connectivity index (χ0n) is 14.6. The molecule has 0 N–H and O–H groups in total. The summed E-state index contributed by atoms with van der Waals surface area (Å²) in [5.74, 6) is 0.232. The minimum absolute atomic E-state index is 0.192. The van der Waals surface area contributed by atoms with Crippen LogP contribution in [-0.2, 0) is 13.0 Å². The molecule has 0 radical (unpaired) electrons. The lowest BCUT2D eigenvalue weighted by molar-refractivity contribution is 0.0666. The molecular weight excluding hydrogens is 338 g/mol. The Bertz CT molecular complexity index is 803. The first kappa shape index (κ1) is 17.1. The van der Waals surface area contributed by atoms with Crippen molar-refractivity contribution in [2.24, 2.45) is 11.8 Å². The van der Waals surface area contributed by atoms with Crippen LogP contribution in [0.25, 0.3) is 0 Å². The molecule has 7 heteroatoms. The minimum atomic E-state index is -0.678. The molecule has 138 valence electrons. The molecule has 5 nitrogen and oxygen atoms in total. The first-order valence-electron chi connectivity index (χ1n) is 9.21. The third-order valence-corrected chi connectivity index (χ3v) is 5.28. The number of likely N-dealkylation sites (tertiary alicyclic amines) is 1. The Morgan fingerprint density at radius 1 is 1.19 bits per heavy atom. The summed E-state index contributed by atoms with van der Waals surface area (Å²) >= 11 is 0. The molecule has 1 aromatic heterocycles. The molecule has 2 aliphatic rings. The second-order valence-corrected chi connectivity index (χ2v) is 7.43. The van der Waals surface area contributed by atoms with Gasteiger partial charge < -0.3 is 9.47 Å². The SMILES string of the molecule is O=C(c1cc(F)ccc1F)N1CCCC(Cc2nncn2CC2CC2)C1. The van der Waals surface area contributed by atoms with Crippen molar-refractivity contribution in [1.29, 1.82) is 0 Å². The molecule has 0 bridgehead atoms. The smallest absolute Gasteiger partial charge is 0.256 e. The molecule has 1 amide bonds. The predicted molar refractivity (Wildman–Crippen MR) is 91.4 cm³/mol. The van der Waals surface area contributed by atoms with Gasteiger partial charge in [0.25, 0.3) is 5.91 Å². The van der Waals surface area contributed by atoms with Crippen molar-refractivity contribution < 1.29 is 13.6 Å². The van der Waals surface area contributed by atoms with Crippen molar-refractivity contribution in [1.82, 2.24) is 19.7 Å². The Balaban J connectivity index is 1.43. The summed E-state index contributed by atoms with van der Waals surface area (Å²) in [6, 6.07) is 3.01. The molecule has 0 spiro atoms. The van der Waals surface area contributed by atoms with Gasteiger partial charge in [0.15, 0.2) is 0 Å². The summed E-state index contributed by atoms with van der Waals surface area (Å²) in [5, 5.41) is 8.28. The molecule has 2 heterocycles. The molecule has 1 aliphatic heterocycles. The van der Waals surface area contributed by atoms with E-state index in [9.17, 15) is 13.6 Å². The number of rotatable bonds is 5. The van der Waals surface area contributed by atoms with Crippen LogP contribution < -0.4 is 0 Å². The molecule has 2 fully saturated rings. The van der Waals surface area contributed by atoms with Crippen LogP contribution in [0.1, 0.15) is 41.9 Å². The normalized spacial score (nSPS) is 20.4. The summed E-state index contributed by atoms with van der Waals surface area (Å²) in [5.41, 5.74) is -0.192. The zero-order chi connectivity index (χ0) is 18.1. The van der Waals surface area contributed by atoms with Gasteiger partial charge in [0, 0.05) is 26.1 Å². The van der Waals surface area contributed by atoms with E-state index >= 15 is 0 Å². The van der Waals surface area contributed by atoms with E-state index in [0.29, 0.717) is 13.1 Å². The van der Waals surface area contributed by atoms with Crippen LogP contribution in [0.2, 0.25) is 0 Å². The minimum Gasteiger partial charge on any atom is -0.338 e. The molecule has 2 aromatic rings. The highest BCUT2D eigenvalue weighted by Gasteiger charge is 2.28. The summed E-state index contributed by atoms with van der Waals surface area (Å²) in [7, 11) is 0. The van der Waals surface area contributed by atoms with Gasteiger partial charge >= 0.3 is 0 Å². The fraction of sp³-hybridized carbons (Fsp3) is 0.526. The van der Waals surface area contributed by atoms with Gasteiger partial charge in [0.1, 0.15) is 23.8 Å². The number of hydrogen-bond acceptors (Lipinski definition) is 3. The number of halogens is 2. The van der Waals surface area contributed by atoms with Gasteiger partial charge in [-0.2, -0.15) is 0 Å². The fourth-order valence-electron chi connectivity index (χ4n) is 3.67. The molecule has 1 saturated carbocycles. The van der Waals surface area contributed by atoms with Crippen molar-refractivity contribution in [3.63, 3.8) is 0 Å². The third-order valence-electron chi connectivity index (χ3n) is 5.28. The maximum atomic E-state index is 13.9. The number of carbonyl (C=O) groups excluding carboxylic acids is 1. The average molecular weight is 360 g/mol. The largest absolute Gasteiger partial charge is 0.338 e. The molecule has 26 heavy (non-hydrogen) atoms. The molecule has 1 unspecified atom stereocenters. The highest BCUT2D eigenvalue weighted by Crippen LogP contribution is 2.31. The van der Waals surface area contributed by atoms with Crippen molar-refractivity contribution in [3.8, 4) is 0 Å². The molecule has 1 aromatic carbocycles. The van der Waals surface area contributed by atoms with E-state index in [1.165, 1.54) is 12.8 Å². The van der Waals surface area contributed by atoms with Gasteiger partial charge in [0.2, 0.25) is 0 Å². The molecule has 1 saturated heterocycles. The maximum Gasteiger partial charge on any atom is 0.256 e. The number of nitrogens with zero attached hydrogens (tertiary/aromatic N) is 4. The van der Waals surface area contributed by atoms with E-state index in [2.05, 4.69) is 14.8 Å². The average Bonchev–Trinajstić information content (AvgIpc) is 3.36. The van der Waals surface area contributed by atoms with E-state index in [4.69, 9.17) is 0 Å². The fourth-order valence-corrected chi connectivity index (χ4v) is 3.67. The Labute approximate surface area is 151 Å². The monoisotopic (exact) mass is 360 g/mol. The first-order valence-corrected chi connectivity index (χ1v) is 9.21. The second kappa shape index (κ2) is 7.13. The van der Waals surface area contributed by atoms with Gasteiger partial charge in [-0.1, -0.05) is 0 Å². The van der Waals surface area contributed by atoms with Gasteiger partial charge in [0.05, 0.1) is 5.56 Å². The predicted octanol–water partition coefficient (Wildman–Crippen LogP) is 3.06. The van der Waals surface area contributed by atoms with Crippen LogP contribution in [0.5, 0.6) is 0 Å². The standard InChI is InChI=1S/C19H22F2N4O/c20-15-5-6-17(21)16(9-15)19(26)24-7-1-2-14(11-24)8-18-23-22-12-25(18)10-13-3-4-13/h5-6,9,12-14H,1-4,7-8,10-11H2. The number of carbonyl (C=O) groups is 1. The van der Waals surface area contributed by atoms with Crippen molar-refractivity contribution >= 4 is 5.91 Å². The van der Waals surface area contributed by atoms with Gasteiger partial charge in [-0.15, -0.1) is 10.2 Å².